The van der Waals surface area contributed by atoms with Crippen LogP contribution in [-0.4, -0.2) is 17.6 Å². The Morgan fingerprint density at radius 1 is 1.44 bits per heavy atom. The van der Waals surface area contributed by atoms with E-state index in [0.29, 0.717) is 6.04 Å². The first kappa shape index (κ1) is 11.4. The van der Waals surface area contributed by atoms with Gasteiger partial charge in [0.05, 0.1) is 0 Å². The Hall–Kier alpha value is -1.09. The Balaban J connectivity index is 2.15. The third-order valence-electron chi connectivity index (χ3n) is 3.37. The van der Waals surface area contributed by atoms with Crippen LogP contribution in [0.1, 0.15) is 38.8 Å². The SMILES string of the molecule is CC1CC(C)N(c2ccc([C@@H](C)N)cn2)C1. The average molecular weight is 219 g/mol. The molecule has 3 heteroatoms. The quantitative estimate of drug-likeness (QED) is 0.830. The van der Waals surface area contributed by atoms with E-state index >= 15 is 0 Å². The summed E-state index contributed by atoms with van der Waals surface area (Å²) in [5.41, 5.74) is 6.91. The predicted octanol–water partition coefficient (Wildman–Crippen LogP) is 2.34. The Kier molecular flexibility index (Phi) is 3.15. The molecule has 0 radical (unpaired) electrons. The summed E-state index contributed by atoms with van der Waals surface area (Å²) in [5.74, 6) is 1.85. The standard InChI is InChI=1S/C13H21N3/c1-9-6-10(2)16(8-9)13-5-4-12(7-15-13)11(3)14/h4-5,7,9-11H,6,8,14H2,1-3H3/t9?,10?,11-/m1/s1. The lowest BCUT2D eigenvalue weighted by molar-refractivity contribution is 0.625. The van der Waals surface area contributed by atoms with Gasteiger partial charge in [0.25, 0.3) is 0 Å². The fourth-order valence-electron chi connectivity index (χ4n) is 2.46. The Bertz CT molecular complexity index is 345. The Labute approximate surface area is 97.7 Å². The normalized spacial score (nSPS) is 27.1. The molecule has 2 unspecified atom stereocenters. The second-order valence-electron chi connectivity index (χ2n) is 5.08. The number of nitrogens with zero attached hydrogens (tertiary/aromatic N) is 2. The zero-order valence-corrected chi connectivity index (χ0v) is 10.4. The maximum atomic E-state index is 5.81. The summed E-state index contributed by atoms with van der Waals surface area (Å²) < 4.78 is 0. The van der Waals surface area contributed by atoms with E-state index in [1.807, 2.05) is 13.1 Å². The van der Waals surface area contributed by atoms with Crippen molar-refractivity contribution >= 4 is 5.82 Å². The summed E-state index contributed by atoms with van der Waals surface area (Å²) in [4.78, 5) is 6.90. The molecule has 1 saturated heterocycles. The van der Waals surface area contributed by atoms with Gasteiger partial charge in [0.15, 0.2) is 0 Å². The van der Waals surface area contributed by atoms with Gasteiger partial charge in [-0.05, 0) is 37.8 Å². The highest BCUT2D eigenvalue weighted by atomic mass is 15.2. The topological polar surface area (TPSA) is 42.1 Å². The molecule has 3 nitrogen and oxygen atoms in total. The Morgan fingerprint density at radius 3 is 2.62 bits per heavy atom. The predicted molar refractivity (Wildman–Crippen MR) is 67.4 cm³/mol. The van der Waals surface area contributed by atoms with Crippen molar-refractivity contribution in [2.45, 2.75) is 39.3 Å². The second kappa shape index (κ2) is 4.42. The zero-order valence-electron chi connectivity index (χ0n) is 10.4. The number of rotatable bonds is 2. The van der Waals surface area contributed by atoms with Gasteiger partial charge in [0.1, 0.15) is 5.82 Å². The first-order valence-corrected chi connectivity index (χ1v) is 6.06. The molecule has 3 atom stereocenters. The number of aromatic nitrogens is 1. The summed E-state index contributed by atoms with van der Waals surface area (Å²) in [6.07, 6.45) is 3.16. The van der Waals surface area contributed by atoms with E-state index in [1.165, 1.54) is 6.42 Å². The van der Waals surface area contributed by atoms with Gasteiger partial charge in [-0.3, -0.25) is 0 Å². The van der Waals surface area contributed by atoms with Crippen LogP contribution in [0.4, 0.5) is 5.82 Å². The molecule has 0 aromatic carbocycles. The molecule has 1 aromatic rings. The molecule has 0 aliphatic carbocycles. The molecule has 0 amide bonds. The average Bonchev–Trinajstić information content (AvgIpc) is 2.58. The molecule has 1 aliphatic rings. The molecule has 0 spiro atoms. The molecule has 0 saturated carbocycles. The maximum absolute atomic E-state index is 5.81. The van der Waals surface area contributed by atoms with Crippen molar-refractivity contribution in [3.8, 4) is 0 Å². The van der Waals surface area contributed by atoms with Gasteiger partial charge in [0.2, 0.25) is 0 Å². The lowest BCUT2D eigenvalue weighted by atomic mass is 10.1. The minimum Gasteiger partial charge on any atom is -0.354 e. The number of hydrogen-bond acceptors (Lipinski definition) is 3. The first-order chi connectivity index (χ1) is 7.58. The number of anilines is 1. The van der Waals surface area contributed by atoms with Gasteiger partial charge in [0, 0.05) is 24.8 Å². The van der Waals surface area contributed by atoms with Crippen molar-refractivity contribution in [1.29, 1.82) is 0 Å². The van der Waals surface area contributed by atoms with Crippen LogP contribution >= 0.6 is 0 Å². The van der Waals surface area contributed by atoms with Crippen LogP contribution in [0.2, 0.25) is 0 Å². The van der Waals surface area contributed by atoms with E-state index in [9.17, 15) is 0 Å². The Morgan fingerprint density at radius 2 is 2.19 bits per heavy atom. The monoisotopic (exact) mass is 219 g/mol. The molecule has 88 valence electrons. The van der Waals surface area contributed by atoms with Gasteiger partial charge >= 0.3 is 0 Å². The number of nitrogens with two attached hydrogens (primary N) is 1. The van der Waals surface area contributed by atoms with Crippen molar-refractivity contribution < 1.29 is 0 Å². The fraction of sp³-hybridized carbons (Fsp3) is 0.615. The molecule has 16 heavy (non-hydrogen) atoms. The lowest BCUT2D eigenvalue weighted by Crippen LogP contribution is -2.27. The van der Waals surface area contributed by atoms with Crippen LogP contribution in [0.5, 0.6) is 0 Å². The maximum Gasteiger partial charge on any atom is 0.128 e. The van der Waals surface area contributed by atoms with Crippen molar-refractivity contribution in [3.05, 3.63) is 23.9 Å². The van der Waals surface area contributed by atoms with Crippen molar-refractivity contribution in [3.63, 3.8) is 0 Å². The van der Waals surface area contributed by atoms with Gasteiger partial charge < -0.3 is 10.6 Å². The van der Waals surface area contributed by atoms with E-state index in [1.54, 1.807) is 0 Å². The van der Waals surface area contributed by atoms with Crippen molar-refractivity contribution in [1.82, 2.24) is 4.98 Å². The second-order valence-corrected chi connectivity index (χ2v) is 5.08. The van der Waals surface area contributed by atoms with E-state index < -0.39 is 0 Å². The van der Waals surface area contributed by atoms with Crippen LogP contribution in [0.3, 0.4) is 0 Å². The van der Waals surface area contributed by atoms with Crippen LogP contribution in [-0.2, 0) is 0 Å². The van der Waals surface area contributed by atoms with Crippen LogP contribution in [0.15, 0.2) is 18.3 Å². The molecule has 2 rings (SSSR count). The van der Waals surface area contributed by atoms with Gasteiger partial charge in [-0.15, -0.1) is 0 Å². The molecular weight excluding hydrogens is 198 g/mol. The minimum atomic E-state index is 0.0662. The van der Waals surface area contributed by atoms with Crippen molar-refractivity contribution in [2.75, 3.05) is 11.4 Å². The highest BCUT2D eigenvalue weighted by molar-refractivity contribution is 5.42. The van der Waals surface area contributed by atoms with E-state index in [-0.39, 0.29) is 6.04 Å². The largest absolute Gasteiger partial charge is 0.354 e. The van der Waals surface area contributed by atoms with Crippen molar-refractivity contribution in [2.24, 2.45) is 11.7 Å². The summed E-state index contributed by atoms with van der Waals surface area (Å²) in [7, 11) is 0. The molecule has 2 N–H and O–H groups in total. The smallest absolute Gasteiger partial charge is 0.128 e. The number of hydrogen-bond donors (Lipinski definition) is 1. The highest BCUT2D eigenvalue weighted by Gasteiger charge is 2.26. The molecule has 2 heterocycles. The molecule has 0 bridgehead atoms. The summed E-state index contributed by atoms with van der Waals surface area (Å²) in [6, 6.07) is 4.84. The fourth-order valence-corrected chi connectivity index (χ4v) is 2.46. The van der Waals surface area contributed by atoms with E-state index in [0.717, 1.165) is 23.8 Å². The molecule has 1 aromatic heterocycles. The molecular formula is C13H21N3. The third-order valence-corrected chi connectivity index (χ3v) is 3.37. The van der Waals surface area contributed by atoms with Gasteiger partial charge in [-0.25, -0.2) is 4.98 Å². The zero-order chi connectivity index (χ0) is 11.7. The molecule has 1 fully saturated rings. The van der Waals surface area contributed by atoms with Crippen LogP contribution < -0.4 is 10.6 Å². The summed E-state index contributed by atoms with van der Waals surface area (Å²) >= 11 is 0. The van der Waals surface area contributed by atoms with Crippen LogP contribution in [0, 0.1) is 5.92 Å². The van der Waals surface area contributed by atoms with Gasteiger partial charge in [-0.2, -0.15) is 0 Å². The number of pyridine rings is 1. The summed E-state index contributed by atoms with van der Waals surface area (Å²) in [6.45, 7) is 7.67. The van der Waals surface area contributed by atoms with E-state index in [2.05, 4.69) is 35.9 Å². The minimum absolute atomic E-state index is 0.0662. The third kappa shape index (κ3) is 2.19. The molecule has 1 aliphatic heterocycles. The summed E-state index contributed by atoms with van der Waals surface area (Å²) in [5, 5.41) is 0. The van der Waals surface area contributed by atoms with Gasteiger partial charge in [-0.1, -0.05) is 13.0 Å². The van der Waals surface area contributed by atoms with Crippen LogP contribution in [0.25, 0.3) is 0 Å². The highest BCUT2D eigenvalue weighted by Crippen LogP contribution is 2.27. The van der Waals surface area contributed by atoms with E-state index in [4.69, 9.17) is 5.73 Å². The lowest BCUT2D eigenvalue weighted by Gasteiger charge is -2.22. The first-order valence-electron chi connectivity index (χ1n) is 6.06.